The Bertz CT molecular complexity index is 646. The zero-order valence-electron chi connectivity index (χ0n) is 14.5. The molecule has 0 saturated carbocycles. The van der Waals surface area contributed by atoms with Crippen LogP contribution in [0.2, 0.25) is 0 Å². The molecule has 2 saturated heterocycles. The van der Waals surface area contributed by atoms with E-state index in [1.54, 1.807) is 6.92 Å². The SMILES string of the molecule is CCOC(=O)[C@H]1CCCN([C@H]2CC(=O)N(Cc3ccccc3)C2=O)C1. The van der Waals surface area contributed by atoms with Gasteiger partial charge in [-0.25, -0.2) is 0 Å². The van der Waals surface area contributed by atoms with Crippen molar-refractivity contribution in [1.82, 2.24) is 9.80 Å². The highest BCUT2D eigenvalue weighted by Crippen LogP contribution is 2.26. The zero-order valence-corrected chi connectivity index (χ0v) is 14.5. The summed E-state index contributed by atoms with van der Waals surface area (Å²) in [6, 6.07) is 9.06. The quantitative estimate of drug-likeness (QED) is 0.599. The van der Waals surface area contributed by atoms with E-state index < -0.39 is 6.04 Å². The van der Waals surface area contributed by atoms with Gasteiger partial charge < -0.3 is 4.74 Å². The van der Waals surface area contributed by atoms with Crippen molar-refractivity contribution in [1.29, 1.82) is 0 Å². The van der Waals surface area contributed by atoms with Gasteiger partial charge in [0.2, 0.25) is 11.8 Å². The van der Waals surface area contributed by atoms with Crippen LogP contribution in [0.15, 0.2) is 30.3 Å². The van der Waals surface area contributed by atoms with Crippen LogP contribution in [0.1, 0.15) is 31.7 Å². The molecule has 2 aliphatic rings. The van der Waals surface area contributed by atoms with E-state index in [0.717, 1.165) is 24.9 Å². The van der Waals surface area contributed by atoms with E-state index in [0.29, 0.717) is 19.7 Å². The summed E-state index contributed by atoms with van der Waals surface area (Å²) in [5.74, 6) is -0.708. The minimum atomic E-state index is -0.451. The molecule has 2 atom stereocenters. The lowest BCUT2D eigenvalue weighted by atomic mass is 9.96. The van der Waals surface area contributed by atoms with Crippen LogP contribution in [0, 0.1) is 5.92 Å². The number of amides is 2. The number of likely N-dealkylation sites (tertiary alicyclic amines) is 2. The number of nitrogens with zero attached hydrogens (tertiary/aromatic N) is 2. The van der Waals surface area contributed by atoms with E-state index in [1.807, 2.05) is 35.2 Å². The average Bonchev–Trinajstić information content (AvgIpc) is 2.91. The Morgan fingerprint density at radius 3 is 2.72 bits per heavy atom. The van der Waals surface area contributed by atoms with Gasteiger partial charge in [-0.05, 0) is 31.9 Å². The molecule has 0 N–H and O–H groups in total. The van der Waals surface area contributed by atoms with E-state index >= 15 is 0 Å². The molecular formula is C19H24N2O4. The second-order valence-electron chi connectivity index (χ2n) is 6.61. The molecule has 0 radical (unpaired) electrons. The van der Waals surface area contributed by atoms with Crippen LogP contribution in [-0.4, -0.2) is 53.3 Å². The maximum absolute atomic E-state index is 12.8. The maximum atomic E-state index is 12.8. The highest BCUT2D eigenvalue weighted by Gasteiger charge is 2.43. The molecule has 0 bridgehead atoms. The molecule has 2 fully saturated rings. The van der Waals surface area contributed by atoms with E-state index in [4.69, 9.17) is 4.74 Å². The molecule has 6 heteroatoms. The Balaban J connectivity index is 1.66. The number of carbonyl (C=O) groups is 3. The highest BCUT2D eigenvalue weighted by atomic mass is 16.5. The molecule has 0 aromatic heterocycles. The number of esters is 1. The molecule has 134 valence electrons. The van der Waals surface area contributed by atoms with E-state index in [-0.39, 0.29) is 30.1 Å². The van der Waals surface area contributed by atoms with Crippen LogP contribution in [0.3, 0.4) is 0 Å². The normalized spacial score (nSPS) is 24.6. The van der Waals surface area contributed by atoms with Crippen molar-refractivity contribution in [3.8, 4) is 0 Å². The minimum Gasteiger partial charge on any atom is -0.466 e. The third kappa shape index (κ3) is 3.90. The molecule has 1 aromatic rings. The second kappa shape index (κ2) is 7.78. The number of carbonyl (C=O) groups excluding carboxylic acids is 3. The average molecular weight is 344 g/mol. The largest absolute Gasteiger partial charge is 0.466 e. The van der Waals surface area contributed by atoms with Crippen LogP contribution < -0.4 is 0 Å². The molecule has 2 aliphatic heterocycles. The van der Waals surface area contributed by atoms with Gasteiger partial charge >= 0.3 is 5.97 Å². The molecule has 0 unspecified atom stereocenters. The summed E-state index contributed by atoms with van der Waals surface area (Å²) >= 11 is 0. The lowest BCUT2D eigenvalue weighted by Crippen LogP contribution is -2.48. The summed E-state index contributed by atoms with van der Waals surface area (Å²) in [5.41, 5.74) is 0.938. The number of piperidine rings is 1. The number of ether oxygens (including phenoxy) is 1. The molecule has 3 rings (SSSR count). The Morgan fingerprint density at radius 2 is 2.00 bits per heavy atom. The molecule has 1 aromatic carbocycles. The summed E-state index contributed by atoms with van der Waals surface area (Å²) in [6.45, 7) is 3.69. The van der Waals surface area contributed by atoms with Crippen LogP contribution in [0.5, 0.6) is 0 Å². The van der Waals surface area contributed by atoms with E-state index in [2.05, 4.69) is 0 Å². The van der Waals surface area contributed by atoms with Crippen LogP contribution in [0.4, 0.5) is 0 Å². The number of hydrogen-bond acceptors (Lipinski definition) is 5. The Morgan fingerprint density at radius 1 is 1.24 bits per heavy atom. The Labute approximate surface area is 147 Å². The second-order valence-corrected chi connectivity index (χ2v) is 6.61. The van der Waals surface area contributed by atoms with Gasteiger partial charge in [0.15, 0.2) is 0 Å². The van der Waals surface area contributed by atoms with Gasteiger partial charge in [0, 0.05) is 6.54 Å². The first-order valence-electron chi connectivity index (χ1n) is 8.89. The van der Waals surface area contributed by atoms with Crippen molar-refractivity contribution < 1.29 is 19.1 Å². The molecular weight excluding hydrogens is 320 g/mol. The summed E-state index contributed by atoms with van der Waals surface area (Å²) in [4.78, 5) is 40.4. The van der Waals surface area contributed by atoms with Gasteiger partial charge in [-0.1, -0.05) is 30.3 Å². The third-order valence-electron chi connectivity index (χ3n) is 4.92. The van der Waals surface area contributed by atoms with E-state index in [1.165, 1.54) is 4.90 Å². The maximum Gasteiger partial charge on any atom is 0.310 e. The predicted octanol–water partition coefficient (Wildman–Crippen LogP) is 1.59. The monoisotopic (exact) mass is 344 g/mol. The van der Waals surface area contributed by atoms with Gasteiger partial charge in [-0.2, -0.15) is 0 Å². The highest BCUT2D eigenvalue weighted by molar-refractivity contribution is 6.05. The number of imide groups is 1. The first kappa shape index (κ1) is 17.6. The zero-order chi connectivity index (χ0) is 17.8. The summed E-state index contributed by atoms with van der Waals surface area (Å²) in [6.07, 6.45) is 1.80. The third-order valence-corrected chi connectivity index (χ3v) is 4.92. The molecule has 0 spiro atoms. The first-order valence-corrected chi connectivity index (χ1v) is 8.89. The van der Waals surface area contributed by atoms with Gasteiger partial charge in [0.25, 0.3) is 0 Å². The molecule has 2 heterocycles. The minimum absolute atomic E-state index is 0.142. The van der Waals surface area contributed by atoms with Crippen LogP contribution in [-0.2, 0) is 25.7 Å². The van der Waals surface area contributed by atoms with Gasteiger partial charge in [0.05, 0.1) is 31.5 Å². The topological polar surface area (TPSA) is 66.9 Å². The Hall–Kier alpha value is -2.21. The summed E-state index contributed by atoms with van der Waals surface area (Å²) < 4.78 is 5.11. The fraction of sp³-hybridized carbons (Fsp3) is 0.526. The fourth-order valence-electron chi connectivity index (χ4n) is 3.63. The van der Waals surface area contributed by atoms with Crippen molar-refractivity contribution >= 4 is 17.8 Å². The Kier molecular flexibility index (Phi) is 5.48. The van der Waals surface area contributed by atoms with Gasteiger partial charge in [-0.3, -0.25) is 24.2 Å². The van der Waals surface area contributed by atoms with Crippen molar-refractivity contribution in [2.45, 2.75) is 38.8 Å². The number of benzene rings is 1. The van der Waals surface area contributed by atoms with Crippen molar-refractivity contribution in [2.24, 2.45) is 5.92 Å². The number of hydrogen-bond donors (Lipinski definition) is 0. The first-order chi connectivity index (χ1) is 12.1. The van der Waals surface area contributed by atoms with Gasteiger partial charge in [0.1, 0.15) is 0 Å². The molecule has 2 amide bonds. The molecule has 0 aliphatic carbocycles. The molecule has 6 nitrogen and oxygen atoms in total. The smallest absolute Gasteiger partial charge is 0.310 e. The summed E-state index contributed by atoms with van der Waals surface area (Å²) in [5, 5.41) is 0. The standard InChI is InChI=1S/C19H24N2O4/c1-2-25-19(24)15-9-6-10-20(13-15)16-11-17(22)21(18(16)23)12-14-7-4-3-5-8-14/h3-5,7-8,15-16H,2,6,9-13H2,1H3/t15-,16-/m0/s1. The lowest BCUT2D eigenvalue weighted by Gasteiger charge is -2.34. The summed E-state index contributed by atoms with van der Waals surface area (Å²) in [7, 11) is 0. The van der Waals surface area contributed by atoms with Crippen molar-refractivity contribution in [3.05, 3.63) is 35.9 Å². The predicted molar refractivity (Wildman–Crippen MR) is 91.3 cm³/mol. The lowest BCUT2D eigenvalue weighted by molar-refractivity contribution is -0.151. The fourth-order valence-corrected chi connectivity index (χ4v) is 3.63. The van der Waals surface area contributed by atoms with Crippen LogP contribution >= 0.6 is 0 Å². The van der Waals surface area contributed by atoms with E-state index in [9.17, 15) is 14.4 Å². The van der Waals surface area contributed by atoms with Gasteiger partial charge in [-0.15, -0.1) is 0 Å². The number of rotatable bonds is 5. The van der Waals surface area contributed by atoms with Crippen molar-refractivity contribution in [2.75, 3.05) is 19.7 Å². The molecule has 25 heavy (non-hydrogen) atoms. The van der Waals surface area contributed by atoms with Crippen LogP contribution in [0.25, 0.3) is 0 Å². The van der Waals surface area contributed by atoms with Crippen molar-refractivity contribution in [3.63, 3.8) is 0 Å².